The highest BCUT2D eigenvalue weighted by molar-refractivity contribution is 5.21. The maximum absolute atomic E-state index is 6.16. The molecule has 0 bridgehead atoms. The zero-order valence-electron chi connectivity index (χ0n) is 11.8. The Morgan fingerprint density at radius 2 is 1.95 bits per heavy atom. The molecule has 0 saturated heterocycles. The van der Waals surface area contributed by atoms with Gasteiger partial charge >= 0.3 is 0 Å². The van der Waals surface area contributed by atoms with Crippen LogP contribution in [0.5, 0.6) is 11.8 Å². The van der Waals surface area contributed by atoms with Crippen molar-refractivity contribution in [2.45, 2.75) is 58.1 Å². The molecule has 1 saturated carbocycles. The summed E-state index contributed by atoms with van der Waals surface area (Å²) in [5.74, 6) is 1.79. The fourth-order valence-electron chi connectivity index (χ4n) is 2.40. The number of hydrogen-bond donors (Lipinski definition) is 1. The number of aryl methyl sites for hydroxylation is 1. The number of nitrogens with zero attached hydrogens (tertiary/aromatic N) is 2. The predicted octanol–water partition coefficient (Wildman–Crippen LogP) is 2.22. The zero-order valence-corrected chi connectivity index (χ0v) is 11.8. The lowest BCUT2D eigenvalue weighted by atomic mass is 10.1. The molecule has 1 aromatic rings. The Kier molecular flexibility index (Phi) is 4.96. The molecule has 1 heterocycles. The van der Waals surface area contributed by atoms with Crippen LogP contribution in [0.15, 0.2) is 6.07 Å². The fraction of sp³-hybridized carbons (Fsp3) is 0.714. The molecular formula is C14H23N3O2. The molecule has 106 valence electrons. The van der Waals surface area contributed by atoms with Gasteiger partial charge in [-0.2, -0.15) is 9.97 Å². The monoisotopic (exact) mass is 265 g/mol. The van der Waals surface area contributed by atoms with Crippen LogP contribution in [0.1, 0.15) is 44.9 Å². The number of rotatable bonds is 4. The number of hydrogen-bond acceptors (Lipinski definition) is 5. The SMILES string of the molecule is CCOc1cc(OC2CCCCCC2N)nc(C)n1. The van der Waals surface area contributed by atoms with Crippen LogP contribution in [0.4, 0.5) is 0 Å². The predicted molar refractivity (Wildman–Crippen MR) is 73.4 cm³/mol. The molecule has 0 spiro atoms. The third kappa shape index (κ3) is 4.06. The minimum absolute atomic E-state index is 0.0475. The lowest BCUT2D eigenvalue weighted by Gasteiger charge is -2.22. The van der Waals surface area contributed by atoms with E-state index >= 15 is 0 Å². The van der Waals surface area contributed by atoms with Crippen molar-refractivity contribution >= 4 is 0 Å². The quantitative estimate of drug-likeness (QED) is 0.845. The van der Waals surface area contributed by atoms with Crippen LogP contribution < -0.4 is 15.2 Å². The highest BCUT2D eigenvalue weighted by Crippen LogP contribution is 2.23. The molecule has 5 nitrogen and oxygen atoms in total. The van der Waals surface area contributed by atoms with E-state index in [-0.39, 0.29) is 12.1 Å². The summed E-state index contributed by atoms with van der Waals surface area (Å²) in [6.07, 6.45) is 5.66. The van der Waals surface area contributed by atoms with Crippen LogP contribution in [-0.2, 0) is 0 Å². The fourth-order valence-corrected chi connectivity index (χ4v) is 2.40. The van der Waals surface area contributed by atoms with Crippen LogP contribution in [0.25, 0.3) is 0 Å². The topological polar surface area (TPSA) is 70.3 Å². The first-order valence-electron chi connectivity index (χ1n) is 7.09. The molecule has 2 N–H and O–H groups in total. The van der Waals surface area contributed by atoms with E-state index in [1.165, 1.54) is 19.3 Å². The summed E-state index contributed by atoms with van der Waals surface area (Å²) in [6.45, 7) is 4.35. The second-order valence-electron chi connectivity index (χ2n) is 4.98. The second-order valence-corrected chi connectivity index (χ2v) is 4.98. The Morgan fingerprint density at radius 3 is 2.74 bits per heavy atom. The lowest BCUT2D eigenvalue weighted by molar-refractivity contribution is 0.154. The van der Waals surface area contributed by atoms with E-state index < -0.39 is 0 Å². The summed E-state index contributed by atoms with van der Waals surface area (Å²) >= 11 is 0. The Hall–Kier alpha value is -1.36. The first-order valence-corrected chi connectivity index (χ1v) is 7.09. The van der Waals surface area contributed by atoms with Gasteiger partial charge in [0.15, 0.2) is 0 Å². The highest BCUT2D eigenvalue weighted by atomic mass is 16.5. The zero-order chi connectivity index (χ0) is 13.7. The van der Waals surface area contributed by atoms with Crippen LogP contribution in [-0.4, -0.2) is 28.7 Å². The Balaban J connectivity index is 2.08. The number of nitrogens with two attached hydrogens (primary N) is 1. The van der Waals surface area contributed by atoms with Gasteiger partial charge in [-0.25, -0.2) is 0 Å². The van der Waals surface area contributed by atoms with E-state index in [0.717, 1.165) is 12.8 Å². The van der Waals surface area contributed by atoms with Gasteiger partial charge in [0, 0.05) is 6.04 Å². The van der Waals surface area contributed by atoms with Crippen LogP contribution in [0, 0.1) is 6.92 Å². The van der Waals surface area contributed by atoms with Gasteiger partial charge in [0.05, 0.1) is 12.7 Å². The number of aromatic nitrogens is 2. The molecule has 1 aliphatic rings. The van der Waals surface area contributed by atoms with E-state index in [2.05, 4.69) is 9.97 Å². The van der Waals surface area contributed by atoms with E-state index in [0.29, 0.717) is 24.2 Å². The van der Waals surface area contributed by atoms with Crippen molar-refractivity contribution in [2.75, 3.05) is 6.61 Å². The molecule has 2 unspecified atom stereocenters. The average molecular weight is 265 g/mol. The first-order chi connectivity index (χ1) is 9.19. The molecule has 0 amide bonds. The van der Waals surface area contributed by atoms with Crippen molar-refractivity contribution in [1.82, 2.24) is 9.97 Å². The normalized spacial score (nSPS) is 23.7. The van der Waals surface area contributed by atoms with Crippen molar-refractivity contribution in [3.8, 4) is 11.8 Å². The molecule has 0 aliphatic heterocycles. The summed E-state index contributed by atoms with van der Waals surface area (Å²) in [7, 11) is 0. The van der Waals surface area contributed by atoms with Crippen LogP contribution in [0.2, 0.25) is 0 Å². The highest BCUT2D eigenvalue weighted by Gasteiger charge is 2.22. The molecule has 19 heavy (non-hydrogen) atoms. The third-order valence-corrected chi connectivity index (χ3v) is 3.36. The van der Waals surface area contributed by atoms with Gasteiger partial charge in [-0.3, -0.25) is 0 Å². The Bertz CT molecular complexity index is 412. The summed E-state index contributed by atoms with van der Waals surface area (Å²) in [5, 5.41) is 0. The summed E-state index contributed by atoms with van der Waals surface area (Å²) in [4.78, 5) is 8.52. The van der Waals surface area contributed by atoms with E-state index in [1.54, 1.807) is 6.07 Å². The van der Waals surface area contributed by atoms with Gasteiger partial charge in [-0.15, -0.1) is 0 Å². The molecule has 0 aromatic carbocycles. The average Bonchev–Trinajstić information content (AvgIpc) is 2.55. The van der Waals surface area contributed by atoms with Gasteiger partial charge in [0.1, 0.15) is 11.9 Å². The van der Waals surface area contributed by atoms with E-state index in [1.807, 2.05) is 13.8 Å². The Labute approximate surface area is 114 Å². The molecule has 1 aliphatic carbocycles. The summed E-state index contributed by atoms with van der Waals surface area (Å²) in [5.41, 5.74) is 6.16. The maximum Gasteiger partial charge on any atom is 0.220 e. The van der Waals surface area contributed by atoms with Crippen LogP contribution >= 0.6 is 0 Å². The molecule has 2 atom stereocenters. The molecule has 2 rings (SSSR count). The molecule has 1 aromatic heterocycles. The number of ether oxygens (including phenoxy) is 2. The minimum atomic E-state index is 0.0475. The van der Waals surface area contributed by atoms with Crippen molar-refractivity contribution in [3.63, 3.8) is 0 Å². The van der Waals surface area contributed by atoms with Gasteiger partial charge < -0.3 is 15.2 Å². The largest absolute Gasteiger partial charge is 0.478 e. The van der Waals surface area contributed by atoms with Gasteiger partial charge in [-0.1, -0.05) is 12.8 Å². The minimum Gasteiger partial charge on any atom is -0.478 e. The summed E-state index contributed by atoms with van der Waals surface area (Å²) < 4.78 is 11.4. The molecule has 5 heteroatoms. The van der Waals surface area contributed by atoms with Crippen molar-refractivity contribution in [1.29, 1.82) is 0 Å². The molecule has 0 radical (unpaired) electrons. The second kappa shape index (κ2) is 6.70. The summed E-state index contributed by atoms with van der Waals surface area (Å²) in [6, 6.07) is 1.84. The third-order valence-electron chi connectivity index (χ3n) is 3.36. The van der Waals surface area contributed by atoms with E-state index in [9.17, 15) is 0 Å². The maximum atomic E-state index is 6.16. The van der Waals surface area contributed by atoms with Gasteiger partial charge in [0.2, 0.25) is 11.8 Å². The molecular weight excluding hydrogens is 242 g/mol. The smallest absolute Gasteiger partial charge is 0.220 e. The standard InChI is InChI=1S/C14H23N3O2/c1-3-18-13-9-14(17-10(2)16-13)19-12-8-6-4-5-7-11(12)15/h9,11-12H,3-8,15H2,1-2H3. The van der Waals surface area contributed by atoms with E-state index in [4.69, 9.17) is 15.2 Å². The van der Waals surface area contributed by atoms with Gasteiger partial charge in [0.25, 0.3) is 0 Å². The lowest BCUT2D eigenvalue weighted by Crippen LogP contribution is -2.38. The van der Waals surface area contributed by atoms with Crippen LogP contribution in [0.3, 0.4) is 0 Å². The van der Waals surface area contributed by atoms with Crippen molar-refractivity contribution in [3.05, 3.63) is 11.9 Å². The Morgan fingerprint density at radius 1 is 1.21 bits per heavy atom. The van der Waals surface area contributed by atoms with Crippen molar-refractivity contribution < 1.29 is 9.47 Å². The van der Waals surface area contributed by atoms with Crippen molar-refractivity contribution in [2.24, 2.45) is 5.73 Å². The first kappa shape index (κ1) is 14.1. The molecule has 1 fully saturated rings. The van der Waals surface area contributed by atoms with Gasteiger partial charge in [-0.05, 0) is 33.1 Å².